The minimum absolute atomic E-state index is 0.221. The summed E-state index contributed by atoms with van der Waals surface area (Å²) >= 11 is 0. The number of fused-ring (bicyclic) bond motifs is 1. The SMILES string of the molecule is CC1CC(O)c2ccccc21. The molecule has 1 nitrogen and oxygen atoms in total. The summed E-state index contributed by atoms with van der Waals surface area (Å²) < 4.78 is 0. The first-order valence-corrected chi connectivity index (χ1v) is 4.06. The molecule has 1 heteroatoms. The second kappa shape index (κ2) is 2.35. The molecule has 2 unspecified atom stereocenters. The maximum Gasteiger partial charge on any atom is 0.0798 e. The number of aliphatic hydroxyl groups excluding tert-OH is 1. The van der Waals surface area contributed by atoms with Gasteiger partial charge >= 0.3 is 0 Å². The zero-order valence-corrected chi connectivity index (χ0v) is 6.62. The van der Waals surface area contributed by atoms with Crippen molar-refractivity contribution in [3.05, 3.63) is 35.4 Å². The van der Waals surface area contributed by atoms with Crippen LogP contribution < -0.4 is 0 Å². The van der Waals surface area contributed by atoms with Gasteiger partial charge < -0.3 is 5.11 Å². The molecule has 0 spiro atoms. The van der Waals surface area contributed by atoms with Crippen LogP contribution >= 0.6 is 0 Å². The Hall–Kier alpha value is -0.820. The summed E-state index contributed by atoms with van der Waals surface area (Å²) in [6, 6.07) is 8.15. The zero-order valence-electron chi connectivity index (χ0n) is 6.62. The molecule has 1 N–H and O–H groups in total. The number of hydrogen-bond acceptors (Lipinski definition) is 1. The maximum atomic E-state index is 9.55. The predicted octanol–water partition coefficient (Wildman–Crippen LogP) is 2.23. The minimum atomic E-state index is -0.221. The molecule has 1 aliphatic carbocycles. The van der Waals surface area contributed by atoms with Crippen molar-refractivity contribution in [3.8, 4) is 0 Å². The van der Waals surface area contributed by atoms with Crippen molar-refractivity contribution < 1.29 is 5.11 Å². The van der Waals surface area contributed by atoms with Crippen molar-refractivity contribution in [1.82, 2.24) is 0 Å². The first-order valence-electron chi connectivity index (χ1n) is 4.06. The van der Waals surface area contributed by atoms with Gasteiger partial charge in [-0.25, -0.2) is 0 Å². The van der Waals surface area contributed by atoms with Crippen LogP contribution in [0.25, 0.3) is 0 Å². The molecule has 0 saturated heterocycles. The summed E-state index contributed by atoms with van der Waals surface area (Å²) in [5.74, 6) is 0.529. The minimum Gasteiger partial charge on any atom is -0.388 e. The van der Waals surface area contributed by atoms with Crippen molar-refractivity contribution in [2.75, 3.05) is 0 Å². The maximum absolute atomic E-state index is 9.55. The van der Waals surface area contributed by atoms with Crippen LogP contribution in [-0.2, 0) is 0 Å². The Labute approximate surface area is 66.7 Å². The second-order valence-corrected chi connectivity index (χ2v) is 3.28. The Kier molecular flexibility index (Phi) is 1.46. The van der Waals surface area contributed by atoms with Crippen LogP contribution in [-0.4, -0.2) is 5.11 Å². The van der Waals surface area contributed by atoms with Crippen LogP contribution in [0, 0.1) is 0 Å². The van der Waals surface area contributed by atoms with Gasteiger partial charge in [0.15, 0.2) is 0 Å². The van der Waals surface area contributed by atoms with E-state index in [1.54, 1.807) is 0 Å². The summed E-state index contributed by atoms with van der Waals surface area (Å²) in [6.45, 7) is 2.16. The van der Waals surface area contributed by atoms with Crippen LogP contribution in [0.4, 0.5) is 0 Å². The number of rotatable bonds is 0. The van der Waals surface area contributed by atoms with E-state index in [2.05, 4.69) is 13.0 Å². The molecule has 0 fully saturated rings. The highest BCUT2D eigenvalue weighted by Gasteiger charge is 2.25. The fourth-order valence-corrected chi connectivity index (χ4v) is 1.85. The van der Waals surface area contributed by atoms with Crippen LogP contribution in [0.1, 0.15) is 36.5 Å². The Morgan fingerprint density at radius 1 is 1.27 bits per heavy atom. The molecule has 58 valence electrons. The van der Waals surface area contributed by atoms with Gasteiger partial charge in [0.1, 0.15) is 0 Å². The Morgan fingerprint density at radius 3 is 2.55 bits per heavy atom. The van der Waals surface area contributed by atoms with E-state index in [9.17, 15) is 5.11 Å². The summed E-state index contributed by atoms with van der Waals surface area (Å²) in [5.41, 5.74) is 2.44. The molecule has 0 aliphatic heterocycles. The molecule has 1 aliphatic rings. The molecular formula is C10H12O. The fraction of sp³-hybridized carbons (Fsp3) is 0.400. The number of aliphatic hydroxyl groups is 1. The third kappa shape index (κ3) is 0.962. The predicted molar refractivity (Wildman–Crippen MR) is 44.4 cm³/mol. The quantitative estimate of drug-likeness (QED) is 0.598. The molecule has 2 rings (SSSR count). The zero-order chi connectivity index (χ0) is 7.84. The molecule has 1 aromatic rings. The highest BCUT2D eigenvalue weighted by Crippen LogP contribution is 2.39. The lowest BCUT2D eigenvalue weighted by Crippen LogP contribution is -1.88. The van der Waals surface area contributed by atoms with Crippen LogP contribution in [0.5, 0.6) is 0 Å². The van der Waals surface area contributed by atoms with Crippen molar-refractivity contribution in [1.29, 1.82) is 0 Å². The van der Waals surface area contributed by atoms with Crippen molar-refractivity contribution in [2.45, 2.75) is 25.4 Å². The van der Waals surface area contributed by atoms with Gasteiger partial charge in [0.2, 0.25) is 0 Å². The first-order chi connectivity index (χ1) is 5.29. The molecular weight excluding hydrogens is 136 g/mol. The largest absolute Gasteiger partial charge is 0.388 e. The van der Waals surface area contributed by atoms with Crippen molar-refractivity contribution in [2.24, 2.45) is 0 Å². The highest BCUT2D eigenvalue weighted by atomic mass is 16.3. The van der Waals surface area contributed by atoms with E-state index < -0.39 is 0 Å². The Balaban J connectivity index is 2.52. The van der Waals surface area contributed by atoms with Gasteiger partial charge in [-0.3, -0.25) is 0 Å². The summed E-state index contributed by atoms with van der Waals surface area (Å²) in [4.78, 5) is 0. The van der Waals surface area contributed by atoms with Gasteiger partial charge in [-0.2, -0.15) is 0 Å². The van der Waals surface area contributed by atoms with Crippen molar-refractivity contribution >= 4 is 0 Å². The number of hydrogen-bond donors (Lipinski definition) is 1. The van der Waals surface area contributed by atoms with Crippen molar-refractivity contribution in [3.63, 3.8) is 0 Å². The Bertz CT molecular complexity index is 240. The van der Waals surface area contributed by atoms with E-state index >= 15 is 0 Å². The molecule has 0 amide bonds. The van der Waals surface area contributed by atoms with E-state index in [1.807, 2.05) is 18.2 Å². The van der Waals surface area contributed by atoms with E-state index in [0.29, 0.717) is 5.92 Å². The van der Waals surface area contributed by atoms with E-state index in [0.717, 1.165) is 12.0 Å². The van der Waals surface area contributed by atoms with E-state index in [1.165, 1.54) is 5.56 Å². The lowest BCUT2D eigenvalue weighted by molar-refractivity contribution is 0.174. The second-order valence-electron chi connectivity index (χ2n) is 3.28. The highest BCUT2D eigenvalue weighted by molar-refractivity contribution is 5.36. The summed E-state index contributed by atoms with van der Waals surface area (Å²) in [5, 5.41) is 9.55. The third-order valence-corrected chi connectivity index (χ3v) is 2.46. The molecule has 1 aromatic carbocycles. The molecule has 0 saturated carbocycles. The molecule has 0 radical (unpaired) electrons. The third-order valence-electron chi connectivity index (χ3n) is 2.46. The monoisotopic (exact) mass is 148 g/mol. The number of benzene rings is 1. The topological polar surface area (TPSA) is 20.2 Å². The van der Waals surface area contributed by atoms with Gasteiger partial charge in [0.05, 0.1) is 6.10 Å². The Morgan fingerprint density at radius 2 is 1.91 bits per heavy atom. The van der Waals surface area contributed by atoms with E-state index in [-0.39, 0.29) is 6.10 Å². The van der Waals surface area contributed by atoms with Crippen LogP contribution in [0.2, 0.25) is 0 Å². The normalized spacial score (nSPS) is 28.5. The van der Waals surface area contributed by atoms with Gasteiger partial charge in [-0.1, -0.05) is 31.2 Å². The standard InChI is InChI=1S/C10H12O/c1-7-6-10(11)9-5-3-2-4-8(7)9/h2-5,7,10-11H,6H2,1H3. The van der Waals surface area contributed by atoms with Gasteiger partial charge in [-0.05, 0) is 23.5 Å². The smallest absolute Gasteiger partial charge is 0.0798 e. The van der Waals surface area contributed by atoms with E-state index in [4.69, 9.17) is 0 Å². The van der Waals surface area contributed by atoms with Gasteiger partial charge in [0, 0.05) is 0 Å². The molecule has 0 heterocycles. The fourth-order valence-electron chi connectivity index (χ4n) is 1.85. The lowest BCUT2D eigenvalue weighted by Gasteiger charge is -2.01. The van der Waals surface area contributed by atoms with Gasteiger partial charge in [0.25, 0.3) is 0 Å². The average Bonchev–Trinajstić information content (AvgIpc) is 2.30. The lowest BCUT2D eigenvalue weighted by atomic mass is 10.0. The summed E-state index contributed by atoms with van der Waals surface area (Å²) in [6.07, 6.45) is 0.667. The van der Waals surface area contributed by atoms with Crippen LogP contribution in [0.15, 0.2) is 24.3 Å². The molecule has 11 heavy (non-hydrogen) atoms. The summed E-state index contributed by atoms with van der Waals surface area (Å²) in [7, 11) is 0. The average molecular weight is 148 g/mol. The first kappa shape index (κ1) is 6.86. The molecule has 0 bridgehead atoms. The molecule has 0 aromatic heterocycles. The van der Waals surface area contributed by atoms with Gasteiger partial charge in [-0.15, -0.1) is 0 Å². The van der Waals surface area contributed by atoms with Crippen LogP contribution in [0.3, 0.4) is 0 Å². The molecule has 2 atom stereocenters.